The molecule has 0 radical (unpaired) electrons. The molecule has 1 aromatic rings. The summed E-state index contributed by atoms with van der Waals surface area (Å²) < 4.78 is 5.46. The number of amides is 1. The molecule has 18 heavy (non-hydrogen) atoms. The highest BCUT2D eigenvalue weighted by atomic mass is 16.5. The molecule has 0 aromatic heterocycles. The lowest BCUT2D eigenvalue weighted by atomic mass is 10.1. The smallest absolute Gasteiger partial charge is 0.260 e. The standard InChI is InChI=1S/C14H19NO3/c16-10-7-12-3-5-13(6-4-12)18-11-14(17)15-8-1-2-9-15/h3-6,16H,1-2,7-11H2. The third kappa shape index (κ3) is 3.47. The van der Waals surface area contributed by atoms with E-state index in [1.165, 1.54) is 0 Å². The molecule has 1 heterocycles. The first-order valence-corrected chi connectivity index (χ1v) is 6.40. The lowest BCUT2D eigenvalue weighted by Gasteiger charge is -2.15. The Morgan fingerprint density at radius 2 is 1.89 bits per heavy atom. The molecule has 0 spiro atoms. The number of hydrogen-bond acceptors (Lipinski definition) is 3. The van der Waals surface area contributed by atoms with Gasteiger partial charge < -0.3 is 14.7 Å². The molecule has 1 aliphatic rings. The molecular formula is C14H19NO3. The van der Waals surface area contributed by atoms with Crippen LogP contribution in [0.2, 0.25) is 0 Å². The number of likely N-dealkylation sites (tertiary alicyclic amines) is 1. The molecule has 0 aliphatic carbocycles. The fraction of sp³-hybridized carbons (Fsp3) is 0.500. The van der Waals surface area contributed by atoms with Crippen molar-refractivity contribution in [2.75, 3.05) is 26.3 Å². The molecule has 0 bridgehead atoms. The van der Waals surface area contributed by atoms with E-state index in [4.69, 9.17) is 9.84 Å². The van der Waals surface area contributed by atoms with E-state index in [9.17, 15) is 4.79 Å². The van der Waals surface area contributed by atoms with Crippen LogP contribution in [-0.2, 0) is 11.2 Å². The maximum atomic E-state index is 11.8. The number of carbonyl (C=O) groups is 1. The minimum absolute atomic E-state index is 0.0620. The molecular weight excluding hydrogens is 230 g/mol. The van der Waals surface area contributed by atoms with Gasteiger partial charge in [-0.2, -0.15) is 0 Å². The number of aliphatic hydroxyl groups is 1. The molecule has 1 amide bonds. The number of rotatable bonds is 5. The summed E-state index contributed by atoms with van der Waals surface area (Å²) >= 11 is 0. The topological polar surface area (TPSA) is 49.8 Å². The van der Waals surface area contributed by atoms with Crippen molar-refractivity contribution < 1.29 is 14.6 Å². The molecule has 98 valence electrons. The number of carbonyl (C=O) groups excluding carboxylic acids is 1. The second-order valence-electron chi connectivity index (χ2n) is 4.49. The molecule has 2 rings (SSSR count). The van der Waals surface area contributed by atoms with Crippen LogP contribution < -0.4 is 4.74 Å². The normalized spacial score (nSPS) is 14.8. The summed E-state index contributed by atoms with van der Waals surface area (Å²) in [6, 6.07) is 7.49. The van der Waals surface area contributed by atoms with Gasteiger partial charge in [0, 0.05) is 19.7 Å². The quantitative estimate of drug-likeness (QED) is 0.853. The minimum Gasteiger partial charge on any atom is -0.484 e. The maximum Gasteiger partial charge on any atom is 0.260 e. The lowest BCUT2D eigenvalue weighted by molar-refractivity contribution is -0.132. The van der Waals surface area contributed by atoms with E-state index in [0.29, 0.717) is 12.2 Å². The van der Waals surface area contributed by atoms with Crippen molar-refractivity contribution in [1.82, 2.24) is 4.90 Å². The Balaban J connectivity index is 1.80. The van der Waals surface area contributed by atoms with E-state index >= 15 is 0 Å². The van der Waals surface area contributed by atoms with E-state index in [1.807, 2.05) is 29.2 Å². The Labute approximate surface area is 107 Å². The van der Waals surface area contributed by atoms with Crippen molar-refractivity contribution in [3.05, 3.63) is 29.8 Å². The van der Waals surface area contributed by atoms with Gasteiger partial charge in [0.05, 0.1) is 0 Å². The molecule has 4 heteroatoms. The third-order valence-corrected chi connectivity index (χ3v) is 3.14. The highest BCUT2D eigenvalue weighted by Gasteiger charge is 2.17. The molecule has 1 aliphatic heterocycles. The van der Waals surface area contributed by atoms with E-state index < -0.39 is 0 Å². The van der Waals surface area contributed by atoms with E-state index in [0.717, 1.165) is 31.5 Å². The maximum absolute atomic E-state index is 11.8. The van der Waals surface area contributed by atoms with Gasteiger partial charge in [-0.05, 0) is 37.0 Å². The molecule has 0 saturated carbocycles. The van der Waals surface area contributed by atoms with Crippen molar-refractivity contribution in [2.45, 2.75) is 19.3 Å². The molecule has 1 fully saturated rings. The first-order chi connectivity index (χ1) is 8.79. The molecule has 1 aromatic carbocycles. The van der Waals surface area contributed by atoms with Crippen LogP contribution in [0.5, 0.6) is 5.75 Å². The third-order valence-electron chi connectivity index (χ3n) is 3.14. The zero-order chi connectivity index (χ0) is 12.8. The van der Waals surface area contributed by atoms with Crippen LogP contribution in [0.1, 0.15) is 18.4 Å². The van der Waals surface area contributed by atoms with Gasteiger partial charge in [-0.3, -0.25) is 4.79 Å². The fourth-order valence-electron chi connectivity index (χ4n) is 2.08. The summed E-state index contributed by atoms with van der Waals surface area (Å²) in [6.07, 6.45) is 2.84. The van der Waals surface area contributed by atoms with Gasteiger partial charge >= 0.3 is 0 Å². The SMILES string of the molecule is O=C(COc1ccc(CCO)cc1)N1CCCC1. The monoisotopic (exact) mass is 249 g/mol. The molecule has 1 saturated heterocycles. The Morgan fingerprint density at radius 1 is 1.22 bits per heavy atom. The van der Waals surface area contributed by atoms with Crippen LogP contribution in [0.25, 0.3) is 0 Å². The summed E-state index contributed by atoms with van der Waals surface area (Å²) in [5.74, 6) is 0.760. The van der Waals surface area contributed by atoms with Gasteiger partial charge in [-0.15, -0.1) is 0 Å². The summed E-state index contributed by atoms with van der Waals surface area (Å²) in [7, 11) is 0. The van der Waals surface area contributed by atoms with Crippen molar-refractivity contribution in [2.24, 2.45) is 0 Å². The van der Waals surface area contributed by atoms with E-state index in [-0.39, 0.29) is 19.1 Å². The lowest BCUT2D eigenvalue weighted by Crippen LogP contribution is -2.32. The van der Waals surface area contributed by atoms with Gasteiger partial charge in [0.2, 0.25) is 0 Å². The van der Waals surface area contributed by atoms with Gasteiger partial charge in [0.1, 0.15) is 5.75 Å². The minimum atomic E-state index is 0.0620. The number of aliphatic hydroxyl groups excluding tert-OH is 1. The van der Waals surface area contributed by atoms with Crippen molar-refractivity contribution >= 4 is 5.91 Å². The van der Waals surface area contributed by atoms with Crippen LogP contribution in [0.15, 0.2) is 24.3 Å². The predicted molar refractivity (Wildman–Crippen MR) is 68.5 cm³/mol. The Morgan fingerprint density at radius 3 is 2.50 bits per heavy atom. The summed E-state index contributed by atoms with van der Waals surface area (Å²) in [4.78, 5) is 13.6. The Bertz CT molecular complexity index is 383. The van der Waals surface area contributed by atoms with Gasteiger partial charge in [0.25, 0.3) is 5.91 Å². The van der Waals surface area contributed by atoms with Gasteiger partial charge in [-0.1, -0.05) is 12.1 Å². The van der Waals surface area contributed by atoms with Crippen LogP contribution in [0.3, 0.4) is 0 Å². The second-order valence-corrected chi connectivity index (χ2v) is 4.49. The van der Waals surface area contributed by atoms with E-state index in [2.05, 4.69) is 0 Å². The number of benzene rings is 1. The van der Waals surface area contributed by atoms with E-state index in [1.54, 1.807) is 0 Å². The van der Waals surface area contributed by atoms with Crippen LogP contribution in [0.4, 0.5) is 0 Å². The second kappa shape index (κ2) is 6.40. The van der Waals surface area contributed by atoms with Crippen LogP contribution in [0, 0.1) is 0 Å². The largest absolute Gasteiger partial charge is 0.484 e. The summed E-state index contributed by atoms with van der Waals surface area (Å²) in [5.41, 5.74) is 1.07. The summed E-state index contributed by atoms with van der Waals surface area (Å²) in [6.45, 7) is 1.97. The van der Waals surface area contributed by atoms with Crippen molar-refractivity contribution in [3.8, 4) is 5.75 Å². The fourth-order valence-corrected chi connectivity index (χ4v) is 2.08. The first-order valence-electron chi connectivity index (χ1n) is 6.40. The summed E-state index contributed by atoms with van der Waals surface area (Å²) in [5, 5.41) is 8.80. The molecule has 1 N–H and O–H groups in total. The zero-order valence-electron chi connectivity index (χ0n) is 10.5. The predicted octanol–water partition coefficient (Wildman–Crippen LogP) is 1.22. The average Bonchev–Trinajstić information content (AvgIpc) is 2.92. The highest BCUT2D eigenvalue weighted by Crippen LogP contribution is 2.13. The van der Waals surface area contributed by atoms with Crippen LogP contribution in [-0.4, -0.2) is 42.2 Å². The first kappa shape index (κ1) is 12.9. The highest BCUT2D eigenvalue weighted by molar-refractivity contribution is 5.78. The number of ether oxygens (including phenoxy) is 1. The van der Waals surface area contributed by atoms with Crippen molar-refractivity contribution in [1.29, 1.82) is 0 Å². The van der Waals surface area contributed by atoms with Crippen molar-refractivity contribution in [3.63, 3.8) is 0 Å². The average molecular weight is 249 g/mol. The number of hydrogen-bond donors (Lipinski definition) is 1. The Kier molecular flexibility index (Phi) is 4.59. The van der Waals surface area contributed by atoms with Crippen LogP contribution >= 0.6 is 0 Å². The van der Waals surface area contributed by atoms with Gasteiger partial charge in [0.15, 0.2) is 6.61 Å². The number of nitrogens with zero attached hydrogens (tertiary/aromatic N) is 1. The molecule has 0 atom stereocenters. The molecule has 0 unspecified atom stereocenters. The zero-order valence-corrected chi connectivity index (χ0v) is 10.5. The van der Waals surface area contributed by atoms with Gasteiger partial charge in [-0.25, -0.2) is 0 Å². The molecule has 4 nitrogen and oxygen atoms in total. The Hall–Kier alpha value is -1.55.